The molecule has 0 aliphatic heterocycles. The van der Waals surface area contributed by atoms with Crippen LogP contribution in [0.15, 0.2) is 42.5 Å². The molecule has 2 aromatic rings. The Kier molecular flexibility index (Phi) is 3.52. The van der Waals surface area contributed by atoms with Crippen LogP contribution in [0.2, 0.25) is 0 Å². The summed E-state index contributed by atoms with van der Waals surface area (Å²) in [5, 5.41) is 9.49. The van der Waals surface area contributed by atoms with Gasteiger partial charge in [-0.05, 0) is 48.6 Å². The number of nitrogen functional groups attached to an aromatic ring is 1. The van der Waals surface area contributed by atoms with Crippen molar-refractivity contribution in [1.29, 1.82) is 0 Å². The number of nitrogens with two attached hydrogens (primary N) is 1. The van der Waals surface area contributed by atoms with Gasteiger partial charge < -0.3 is 15.6 Å². The van der Waals surface area contributed by atoms with Crippen LogP contribution in [0.3, 0.4) is 0 Å². The van der Waals surface area contributed by atoms with Gasteiger partial charge in [-0.2, -0.15) is 0 Å². The second kappa shape index (κ2) is 5.48. The number of benzene rings is 2. The summed E-state index contributed by atoms with van der Waals surface area (Å²) in [7, 11) is 0. The summed E-state index contributed by atoms with van der Waals surface area (Å²) < 4.78 is 5.61. The Bertz CT molecular complexity index is 681. The van der Waals surface area contributed by atoms with Gasteiger partial charge in [-0.1, -0.05) is 24.3 Å². The van der Waals surface area contributed by atoms with Gasteiger partial charge in [-0.15, -0.1) is 0 Å². The number of hydrogen-bond acceptors (Lipinski definition) is 4. The average molecular weight is 283 g/mol. The van der Waals surface area contributed by atoms with E-state index < -0.39 is 5.97 Å². The fraction of sp³-hybridized carbons (Fsp3) is 0.235. The summed E-state index contributed by atoms with van der Waals surface area (Å²) in [6, 6.07) is 12.3. The van der Waals surface area contributed by atoms with Crippen LogP contribution in [0, 0.1) is 0 Å². The van der Waals surface area contributed by atoms with E-state index in [1.165, 1.54) is 23.8 Å². The first-order chi connectivity index (χ1) is 10.1. The molecule has 3 rings (SSSR count). The highest BCUT2D eigenvalue weighted by atomic mass is 16.5. The molecule has 4 heteroatoms. The molecule has 0 spiro atoms. The van der Waals surface area contributed by atoms with Gasteiger partial charge in [0.15, 0.2) is 0 Å². The molecule has 0 saturated heterocycles. The predicted octanol–water partition coefficient (Wildman–Crippen LogP) is 3.21. The van der Waals surface area contributed by atoms with E-state index in [-0.39, 0.29) is 17.4 Å². The monoisotopic (exact) mass is 283 g/mol. The molecular formula is C17H17NO3. The van der Waals surface area contributed by atoms with Crippen LogP contribution in [0.25, 0.3) is 0 Å². The number of fused-ring (bicyclic) bond motifs is 1. The van der Waals surface area contributed by atoms with E-state index in [1.807, 2.05) is 18.2 Å². The third-order valence-corrected chi connectivity index (χ3v) is 3.82. The summed E-state index contributed by atoms with van der Waals surface area (Å²) in [6.45, 7) is 0. The zero-order valence-corrected chi connectivity index (χ0v) is 11.6. The molecule has 1 aliphatic rings. The Morgan fingerprint density at radius 3 is 2.90 bits per heavy atom. The fourth-order valence-corrected chi connectivity index (χ4v) is 2.75. The van der Waals surface area contributed by atoms with Crippen molar-refractivity contribution in [1.82, 2.24) is 0 Å². The second-order valence-electron chi connectivity index (χ2n) is 5.26. The van der Waals surface area contributed by atoms with Gasteiger partial charge in [-0.3, -0.25) is 0 Å². The molecule has 1 unspecified atom stereocenters. The van der Waals surface area contributed by atoms with Crippen LogP contribution in [0.5, 0.6) is 5.75 Å². The van der Waals surface area contributed by atoms with Crippen molar-refractivity contribution in [2.75, 3.05) is 5.73 Å². The average Bonchev–Trinajstić information content (AvgIpc) is 2.50. The number of esters is 1. The first-order valence-electron chi connectivity index (χ1n) is 7.02. The normalized spacial score (nSPS) is 17.0. The molecule has 3 N–H and O–H groups in total. The van der Waals surface area contributed by atoms with Crippen molar-refractivity contribution in [3.8, 4) is 5.75 Å². The fourth-order valence-electron chi connectivity index (χ4n) is 2.75. The lowest BCUT2D eigenvalue weighted by Gasteiger charge is -2.25. The van der Waals surface area contributed by atoms with Gasteiger partial charge in [0.1, 0.15) is 11.9 Å². The van der Waals surface area contributed by atoms with Crippen molar-refractivity contribution < 1.29 is 14.6 Å². The molecule has 0 heterocycles. The van der Waals surface area contributed by atoms with E-state index in [0.29, 0.717) is 5.69 Å². The van der Waals surface area contributed by atoms with E-state index >= 15 is 0 Å². The molecule has 1 aliphatic carbocycles. The number of rotatable bonds is 2. The topological polar surface area (TPSA) is 72.5 Å². The molecule has 21 heavy (non-hydrogen) atoms. The maximum absolute atomic E-state index is 12.3. The van der Waals surface area contributed by atoms with E-state index in [9.17, 15) is 9.90 Å². The summed E-state index contributed by atoms with van der Waals surface area (Å²) in [5.74, 6) is -0.495. The highest BCUT2D eigenvalue weighted by molar-refractivity contribution is 5.95. The summed E-state index contributed by atoms with van der Waals surface area (Å²) in [6.07, 6.45) is 2.56. The number of phenols is 1. The first-order valence-corrected chi connectivity index (χ1v) is 7.02. The van der Waals surface area contributed by atoms with Crippen LogP contribution in [0.4, 0.5) is 5.69 Å². The quantitative estimate of drug-likeness (QED) is 0.504. The highest BCUT2D eigenvalue weighted by Crippen LogP contribution is 2.33. The summed E-state index contributed by atoms with van der Waals surface area (Å²) in [5.41, 5.74) is 8.58. The standard InChI is InChI=1S/C17H17NO3/c18-15-9-8-12(19)10-14(15)17(20)21-16-7-3-5-11-4-1-2-6-13(11)16/h1-2,4,6,8-10,16,19H,3,5,7,18H2. The van der Waals surface area contributed by atoms with Gasteiger partial charge in [-0.25, -0.2) is 4.79 Å². The number of aromatic hydroxyl groups is 1. The number of carbonyl (C=O) groups is 1. The number of hydrogen-bond donors (Lipinski definition) is 2. The Labute approximate surface area is 123 Å². The number of carbonyl (C=O) groups excluding carboxylic acids is 1. The molecule has 2 aromatic carbocycles. The van der Waals surface area contributed by atoms with E-state index in [1.54, 1.807) is 0 Å². The molecule has 0 saturated carbocycles. The molecule has 0 amide bonds. The van der Waals surface area contributed by atoms with Crippen molar-refractivity contribution in [3.05, 3.63) is 59.2 Å². The van der Waals surface area contributed by atoms with Crippen LogP contribution < -0.4 is 5.73 Å². The third kappa shape index (κ3) is 2.70. The van der Waals surface area contributed by atoms with Crippen molar-refractivity contribution in [2.45, 2.75) is 25.4 Å². The number of aryl methyl sites for hydroxylation is 1. The molecule has 0 fully saturated rings. The van der Waals surface area contributed by atoms with Crippen LogP contribution >= 0.6 is 0 Å². The molecule has 0 bridgehead atoms. The maximum Gasteiger partial charge on any atom is 0.340 e. The smallest absolute Gasteiger partial charge is 0.340 e. The van der Waals surface area contributed by atoms with Gasteiger partial charge in [0.2, 0.25) is 0 Å². The van der Waals surface area contributed by atoms with E-state index in [4.69, 9.17) is 10.5 Å². The van der Waals surface area contributed by atoms with Crippen LogP contribution in [-0.2, 0) is 11.2 Å². The number of anilines is 1. The van der Waals surface area contributed by atoms with E-state index in [2.05, 4.69) is 6.07 Å². The van der Waals surface area contributed by atoms with Crippen molar-refractivity contribution >= 4 is 11.7 Å². The van der Waals surface area contributed by atoms with Gasteiger partial charge in [0.05, 0.1) is 5.56 Å². The number of ether oxygens (including phenoxy) is 1. The second-order valence-corrected chi connectivity index (χ2v) is 5.26. The minimum atomic E-state index is -0.495. The molecule has 108 valence electrons. The lowest BCUT2D eigenvalue weighted by molar-refractivity contribution is 0.0257. The Morgan fingerprint density at radius 1 is 1.24 bits per heavy atom. The summed E-state index contributed by atoms with van der Waals surface area (Å²) >= 11 is 0. The molecule has 1 atom stereocenters. The van der Waals surface area contributed by atoms with Crippen LogP contribution in [0.1, 0.15) is 40.4 Å². The van der Waals surface area contributed by atoms with E-state index in [0.717, 1.165) is 24.8 Å². The zero-order valence-electron chi connectivity index (χ0n) is 11.6. The lowest BCUT2D eigenvalue weighted by Crippen LogP contribution is -2.17. The van der Waals surface area contributed by atoms with Crippen LogP contribution in [-0.4, -0.2) is 11.1 Å². The van der Waals surface area contributed by atoms with Gasteiger partial charge in [0, 0.05) is 5.69 Å². The van der Waals surface area contributed by atoms with Crippen molar-refractivity contribution in [2.24, 2.45) is 0 Å². The maximum atomic E-state index is 12.3. The predicted molar refractivity (Wildman–Crippen MR) is 80.1 cm³/mol. The molecular weight excluding hydrogens is 266 g/mol. The zero-order chi connectivity index (χ0) is 14.8. The molecule has 0 aromatic heterocycles. The Hall–Kier alpha value is -2.49. The largest absolute Gasteiger partial charge is 0.508 e. The Morgan fingerprint density at radius 2 is 2.05 bits per heavy atom. The van der Waals surface area contributed by atoms with Gasteiger partial charge >= 0.3 is 5.97 Å². The summed E-state index contributed by atoms with van der Waals surface area (Å²) in [4.78, 5) is 12.3. The van der Waals surface area contributed by atoms with Crippen molar-refractivity contribution in [3.63, 3.8) is 0 Å². The van der Waals surface area contributed by atoms with Gasteiger partial charge in [0.25, 0.3) is 0 Å². The minimum Gasteiger partial charge on any atom is -0.508 e. The third-order valence-electron chi connectivity index (χ3n) is 3.82. The SMILES string of the molecule is Nc1ccc(O)cc1C(=O)OC1CCCc2ccccc21. The number of phenolic OH excluding ortho intramolecular Hbond substituents is 1. The minimum absolute atomic E-state index is 0.000180. The molecule has 4 nitrogen and oxygen atoms in total. The Balaban J connectivity index is 1.84. The first kappa shape index (κ1) is 13.5. The highest BCUT2D eigenvalue weighted by Gasteiger charge is 2.24. The molecule has 0 radical (unpaired) electrons. The lowest BCUT2D eigenvalue weighted by atomic mass is 9.89.